The Bertz CT molecular complexity index is 564. The zero-order valence-electron chi connectivity index (χ0n) is 11.4. The van der Waals surface area contributed by atoms with E-state index in [0.717, 1.165) is 16.7 Å². The van der Waals surface area contributed by atoms with Gasteiger partial charge in [-0.3, -0.25) is 0 Å². The van der Waals surface area contributed by atoms with Gasteiger partial charge in [0.05, 0.1) is 14.2 Å². The fourth-order valence-electron chi connectivity index (χ4n) is 2.06. The number of aryl methyl sites for hydroxylation is 1. The van der Waals surface area contributed by atoms with Crippen molar-refractivity contribution in [3.63, 3.8) is 0 Å². The first-order chi connectivity index (χ1) is 9.15. The SMILES string of the molecule is COc1ccc(C(O)c2cccc(C)c2)cc1OC. The molecule has 0 heterocycles. The van der Waals surface area contributed by atoms with Crippen molar-refractivity contribution in [2.75, 3.05) is 14.2 Å². The molecule has 1 unspecified atom stereocenters. The predicted molar refractivity (Wildman–Crippen MR) is 74.8 cm³/mol. The Morgan fingerprint density at radius 1 is 0.895 bits per heavy atom. The number of hydrogen-bond donors (Lipinski definition) is 1. The summed E-state index contributed by atoms with van der Waals surface area (Å²) in [5.74, 6) is 1.27. The average molecular weight is 258 g/mol. The minimum absolute atomic E-state index is 0.617. The van der Waals surface area contributed by atoms with Gasteiger partial charge in [-0.2, -0.15) is 0 Å². The normalized spacial score (nSPS) is 12.0. The molecular weight excluding hydrogens is 240 g/mol. The van der Waals surface area contributed by atoms with Crippen LogP contribution in [0, 0.1) is 6.92 Å². The second-order valence-electron chi connectivity index (χ2n) is 4.43. The van der Waals surface area contributed by atoms with Crippen LogP contribution in [0.1, 0.15) is 22.8 Å². The molecule has 2 rings (SSSR count). The molecule has 0 radical (unpaired) electrons. The zero-order chi connectivity index (χ0) is 13.8. The summed E-state index contributed by atoms with van der Waals surface area (Å²) >= 11 is 0. The highest BCUT2D eigenvalue weighted by molar-refractivity contribution is 5.45. The Kier molecular flexibility index (Phi) is 4.07. The third-order valence-electron chi connectivity index (χ3n) is 3.08. The van der Waals surface area contributed by atoms with Gasteiger partial charge in [0.25, 0.3) is 0 Å². The summed E-state index contributed by atoms with van der Waals surface area (Å²) in [7, 11) is 3.18. The molecule has 19 heavy (non-hydrogen) atoms. The van der Waals surface area contributed by atoms with Crippen LogP contribution in [0.25, 0.3) is 0 Å². The summed E-state index contributed by atoms with van der Waals surface area (Å²) in [5.41, 5.74) is 2.77. The van der Waals surface area contributed by atoms with E-state index in [1.165, 1.54) is 0 Å². The maximum absolute atomic E-state index is 10.4. The molecular formula is C16H18O3. The number of hydrogen-bond acceptors (Lipinski definition) is 3. The molecule has 0 fully saturated rings. The van der Waals surface area contributed by atoms with E-state index in [1.807, 2.05) is 37.3 Å². The highest BCUT2D eigenvalue weighted by Crippen LogP contribution is 2.32. The lowest BCUT2D eigenvalue weighted by atomic mass is 10.00. The third kappa shape index (κ3) is 2.88. The number of benzene rings is 2. The zero-order valence-corrected chi connectivity index (χ0v) is 11.4. The molecule has 0 saturated carbocycles. The van der Waals surface area contributed by atoms with E-state index in [9.17, 15) is 5.11 Å². The van der Waals surface area contributed by atoms with Crippen LogP contribution in [0.5, 0.6) is 11.5 Å². The van der Waals surface area contributed by atoms with Gasteiger partial charge in [0, 0.05) is 0 Å². The van der Waals surface area contributed by atoms with E-state index < -0.39 is 6.10 Å². The minimum atomic E-state index is -0.667. The lowest BCUT2D eigenvalue weighted by Gasteiger charge is -2.15. The first kappa shape index (κ1) is 13.4. The van der Waals surface area contributed by atoms with Crippen molar-refractivity contribution in [1.29, 1.82) is 0 Å². The number of aliphatic hydroxyl groups is 1. The van der Waals surface area contributed by atoms with Crippen LogP contribution >= 0.6 is 0 Å². The van der Waals surface area contributed by atoms with Crippen LogP contribution in [0.2, 0.25) is 0 Å². The maximum Gasteiger partial charge on any atom is 0.161 e. The number of rotatable bonds is 4. The van der Waals surface area contributed by atoms with Crippen molar-refractivity contribution in [2.45, 2.75) is 13.0 Å². The molecule has 0 aliphatic rings. The number of aliphatic hydroxyl groups excluding tert-OH is 1. The molecule has 2 aromatic carbocycles. The van der Waals surface area contributed by atoms with Gasteiger partial charge in [0.2, 0.25) is 0 Å². The van der Waals surface area contributed by atoms with Gasteiger partial charge in [-0.25, -0.2) is 0 Å². The molecule has 0 aliphatic carbocycles. The average Bonchev–Trinajstić information content (AvgIpc) is 2.45. The summed E-state index contributed by atoms with van der Waals surface area (Å²) in [6.07, 6.45) is -0.667. The fourth-order valence-corrected chi connectivity index (χ4v) is 2.06. The Balaban J connectivity index is 2.36. The van der Waals surface area contributed by atoms with Gasteiger partial charge in [0.1, 0.15) is 6.10 Å². The highest BCUT2D eigenvalue weighted by Gasteiger charge is 2.13. The highest BCUT2D eigenvalue weighted by atomic mass is 16.5. The molecule has 0 amide bonds. The van der Waals surface area contributed by atoms with Crippen LogP contribution in [-0.2, 0) is 0 Å². The molecule has 0 bridgehead atoms. The lowest BCUT2D eigenvalue weighted by Crippen LogP contribution is -2.01. The molecule has 0 aromatic heterocycles. The van der Waals surface area contributed by atoms with Gasteiger partial charge in [-0.15, -0.1) is 0 Å². The van der Waals surface area contributed by atoms with Gasteiger partial charge < -0.3 is 14.6 Å². The topological polar surface area (TPSA) is 38.7 Å². The summed E-state index contributed by atoms with van der Waals surface area (Å²) in [6.45, 7) is 2.00. The van der Waals surface area contributed by atoms with Crippen LogP contribution in [0.4, 0.5) is 0 Å². The van der Waals surface area contributed by atoms with Crippen molar-refractivity contribution >= 4 is 0 Å². The maximum atomic E-state index is 10.4. The van der Waals surface area contributed by atoms with Crippen molar-refractivity contribution in [1.82, 2.24) is 0 Å². The summed E-state index contributed by atoms with van der Waals surface area (Å²) in [4.78, 5) is 0. The molecule has 3 nitrogen and oxygen atoms in total. The first-order valence-corrected chi connectivity index (χ1v) is 6.12. The molecule has 2 aromatic rings. The van der Waals surface area contributed by atoms with Crippen LogP contribution in [-0.4, -0.2) is 19.3 Å². The molecule has 0 spiro atoms. The van der Waals surface area contributed by atoms with E-state index in [0.29, 0.717) is 11.5 Å². The van der Waals surface area contributed by atoms with E-state index in [-0.39, 0.29) is 0 Å². The third-order valence-corrected chi connectivity index (χ3v) is 3.08. The second kappa shape index (κ2) is 5.76. The van der Waals surface area contributed by atoms with Crippen molar-refractivity contribution in [3.05, 3.63) is 59.2 Å². The summed E-state index contributed by atoms with van der Waals surface area (Å²) in [5, 5.41) is 10.4. The summed E-state index contributed by atoms with van der Waals surface area (Å²) < 4.78 is 10.4. The Labute approximate surface area is 113 Å². The molecule has 3 heteroatoms. The van der Waals surface area contributed by atoms with Gasteiger partial charge in [-0.05, 0) is 30.2 Å². The Morgan fingerprint density at radius 3 is 2.21 bits per heavy atom. The Morgan fingerprint density at radius 2 is 1.58 bits per heavy atom. The van der Waals surface area contributed by atoms with Crippen molar-refractivity contribution in [3.8, 4) is 11.5 Å². The van der Waals surface area contributed by atoms with Crippen molar-refractivity contribution in [2.24, 2.45) is 0 Å². The molecule has 1 N–H and O–H groups in total. The quantitative estimate of drug-likeness (QED) is 0.915. The van der Waals surface area contributed by atoms with Crippen LogP contribution < -0.4 is 9.47 Å². The second-order valence-corrected chi connectivity index (χ2v) is 4.43. The number of methoxy groups -OCH3 is 2. The predicted octanol–water partition coefficient (Wildman–Crippen LogP) is 3.09. The largest absolute Gasteiger partial charge is 0.493 e. The molecule has 100 valence electrons. The van der Waals surface area contributed by atoms with Crippen LogP contribution in [0.15, 0.2) is 42.5 Å². The lowest BCUT2D eigenvalue weighted by molar-refractivity contribution is 0.219. The standard InChI is InChI=1S/C16H18O3/c1-11-5-4-6-12(9-11)16(17)13-7-8-14(18-2)15(10-13)19-3/h4-10,16-17H,1-3H3. The Hall–Kier alpha value is -2.00. The minimum Gasteiger partial charge on any atom is -0.493 e. The van der Waals surface area contributed by atoms with E-state index in [4.69, 9.17) is 9.47 Å². The summed E-state index contributed by atoms with van der Waals surface area (Å²) in [6, 6.07) is 13.3. The molecule has 0 aliphatic heterocycles. The number of ether oxygens (including phenoxy) is 2. The van der Waals surface area contributed by atoms with Crippen LogP contribution in [0.3, 0.4) is 0 Å². The van der Waals surface area contributed by atoms with E-state index in [2.05, 4.69) is 0 Å². The van der Waals surface area contributed by atoms with Crippen molar-refractivity contribution < 1.29 is 14.6 Å². The fraction of sp³-hybridized carbons (Fsp3) is 0.250. The first-order valence-electron chi connectivity index (χ1n) is 6.12. The molecule has 1 atom stereocenters. The van der Waals surface area contributed by atoms with Gasteiger partial charge in [-0.1, -0.05) is 35.9 Å². The van der Waals surface area contributed by atoms with E-state index in [1.54, 1.807) is 26.4 Å². The van der Waals surface area contributed by atoms with E-state index >= 15 is 0 Å². The monoisotopic (exact) mass is 258 g/mol. The smallest absolute Gasteiger partial charge is 0.161 e. The molecule has 0 saturated heterocycles. The van der Waals surface area contributed by atoms with Gasteiger partial charge >= 0.3 is 0 Å². The van der Waals surface area contributed by atoms with Gasteiger partial charge in [0.15, 0.2) is 11.5 Å².